The number of hydrogen-bond acceptors (Lipinski definition) is 3. The van der Waals surface area contributed by atoms with Crippen molar-refractivity contribution >= 4 is 23.4 Å². The van der Waals surface area contributed by atoms with E-state index in [0.29, 0.717) is 5.75 Å². The summed E-state index contributed by atoms with van der Waals surface area (Å²) in [7, 11) is 0. The van der Waals surface area contributed by atoms with Crippen LogP contribution >= 0.6 is 11.8 Å². The number of rotatable bonds is 7. The molecule has 0 unspecified atom stereocenters. The largest absolute Gasteiger partial charge is 0.330 e. The van der Waals surface area contributed by atoms with E-state index in [-0.39, 0.29) is 5.91 Å². The van der Waals surface area contributed by atoms with E-state index in [0.717, 1.165) is 42.0 Å². The Hall–Kier alpha value is -1.00. The number of nitrogens with one attached hydrogen (secondary N) is 1. The van der Waals surface area contributed by atoms with Crippen LogP contribution in [0.15, 0.2) is 12.1 Å². The number of hydrogen-bond donors (Lipinski definition) is 2. The van der Waals surface area contributed by atoms with Gasteiger partial charge in [0.1, 0.15) is 0 Å². The lowest BCUT2D eigenvalue weighted by molar-refractivity contribution is -0.113. The minimum absolute atomic E-state index is 0.0767. The third-order valence-electron chi connectivity index (χ3n) is 2.92. The van der Waals surface area contributed by atoms with E-state index in [1.165, 1.54) is 5.56 Å². The molecule has 0 spiro atoms. The molecule has 1 rings (SSSR count). The molecule has 1 aromatic carbocycles. The molecule has 0 heterocycles. The number of anilines is 1. The zero-order valence-corrected chi connectivity index (χ0v) is 12.9. The molecule has 4 heteroatoms. The Morgan fingerprint density at radius 2 is 1.84 bits per heavy atom. The SMILES string of the molecule is Cc1cc(C)c(NC(=O)CSCCCCN)c(C)c1. The molecule has 0 aromatic heterocycles. The summed E-state index contributed by atoms with van der Waals surface area (Å²) in [4.78, 5) is 11.9. The first kappa shape index (κ1) is 16.1. The highest BCUT2D eigenvalue weighted by Crippen LogP contribution is 2.22. The first-order valence-corrected chi connectivity index (χ1v) is 7.85. The summed E-state index contributed by atoms with van der Waals surface area (Å²) in [6.45, 7) is 6.86. The van der Waals surface area contributed by atoms with Gasteiger partial charge in [-0.15, -0.1) is 0 Å². The Balaban J connectivity index is 2.44. The molecular weight excluding hydrogens is 256 g/mol. The summed E-state index contributed by atoms with van der Waals surface area (Å²) in [6, 6.07) is 4.19. The van der Waals surface area contributed by atoms with Gasteiger partial charge in [-0.3, -0.25) is 4.79 Å². The molecule has 0 saturated heterocycles. The Morgan fingerprint density at radius 3 is 2.42 bits per heavy atom. The summed E-state index contributed by atoms with van der Waals surface area (Å²) in [5, 5.41) is 3.01. The number of benzene rings is 1. The van der Waals surface area contributed by atoms with E-state index in [2.05, 4.69) is 24.4 Å². The Bertz CT molecular complexity index is 409. The second-order valence-corrected chi connectivity index (χ2v) is 5.98. The van der Waals surface area contributed by atoms with Crippen molar-refractivity contribution in [3.63, 3.8) is 0 Å². The maximum atomic E-state index is 11.9. The molecule has 0 bridgehead atoms. The molecule has 1 aromatic rings. The predicted molar refractivity (Wildman–Crippen MR) is 84.9 cm³/mol. The summed E-state index contributed by atoms with van der Waals surface area (Å²) in [5.74, 6) is 1.58. The summed E-state index contributed by atoms with van der Waals surface area (Å²) in [6.07, 6.45) is 2.11. The average molecular weight is 280 g/mol. The first-order chi connectivity index (χ1) is 9.04. The Morgan fingerprint density at radius 1 is 1.21 bits per heavy atom. The molecule has 0 aliphatic heterocycles. The van der Waals surface area contributed by atoms with E-state index in [1.54, 1.807) is 11.8 Å². The van der Waals surface area contributed by atoms with Crippen molar-refractivity contribution in [2.75, 3.05) is 23.4 Å². The molecule has 1 amide bonds. The van der Waals surface area contributed by atoms with Gasteiger partial charge >= 0.3 is 0 Å². The van der Waals surface area contributed by atoms with Crippen LogP contribution in [0.1, 0.15) is 29.5 Å². The van der Waals surface area contributed by atoms with E-state index in [1.807, 2.05) is 13.8 Å². The fourth-order valence-corrected chi connectivity index (χ4v) is 2.88. The zero-order valence-electron chi connectivity index (χ0n) is 12.1. The van der Waals surface area contributed by atoms with Gasteiger partial charge in [0, 0.05) is 5.69 Å². The van der Waals surface area contributed by atoms with Crippen LogP contribution < -0.4 is 11.1 Å². The quantitative estimate of drug-likeness (QED) is 0.755. The fourth-order valence-electron chi connectivity index (χ4n) is 2.07. The van der Waals surface area contributed by atoms with Gasteiger partial charge in [-0.05, 0) is 57.0 Å². The predicted octanol–water partition coefficient (Wildman–Crippen LogP) is 3.02. The van der Waals surface area contributed by atoms with Gasteiger partial charge in [-0.1, -0.05) is 17.7 Å². The Kier molecular flexibility index (Phi) is 6.95. The molecule has 0 aliphatic rings. The number of unbranched alkanes of at least 4 members (excludes halogenated alkanes) is 1. The number of thioether (sulfide) groups is 1. The van der Waals surface area contributed by atoms with E-state index in [9.17, 15) is 4.79 Å². The number of carbonyl (C=O) groups excluding carboxylic acids is 1. The zero-order chi connectivity index (χ0) is 14.3. The topological polar surface area (TPSA) is 55.1 Å². The molecular formula is C15H24N2OS. The highest BCUT2D eigenvalue weighted by Gasteiger charge is 2.08. The monoisotopic (exact) mass is 280 g/mol. The normalized spacial score (nSPS) is 10.5. The molecule has 106 valence electrons. The molecule has 0 saturated carbocycles. The number of aryl methyl sites for hydroxylation is 3. The van der Waals surface area contributed by atoms with Crippen molar-refractivity contribution in [1.82, 2.24) is 0 Å². The number of nitrogens with two attached hydrogens (primary N) is 1. The number of amides is 1. The lowest BCUT2D eigenvalue weighted by Gasteiger charge is -2.12. The second-order valence-electron chi connectivity index (χ2n) is 4.87. The van der Waals surface area contributed by atoms with Gasteiger partial charge in [0.25, 0.3) is 0 Å². The van der Waals surface area contributed by atoms with Crippen LogP contribution in [-0.2, 0) is 4.79 Å². The van der Waals surface area contributed by atoms with Crippen molar-refractivity contribution in [1.29, 1.82) is 0 Å². The lowest BCUT2D eigenvalue weighted by atomic mass is 10.1. The molecule has 0 aliphatic carbocycles. The van der Waals surface area contributed by atoms with Crippen LogP contribution in [0.25, 0.3) is 0 Å². The minimum Gasteiger partial charge on any atom is -0.330 e. The molecule has 19 heavy (non-hydrogen) atoms. The molecule has 3 nitrogen and oxygen atoms in total. The summed E-state index contributed by atoms with van der Waals surface area (Å²) in [5.41, 5.74) is 9.86. The van der Waals surface area contributed by atoms with Gasteiger partial charge in [-0.25, -0.2) is 0 Å². The Labute approximate surface area is 120 Å². The maximum Gasteiger partial charge on any atom is 0.234 e. The highest BCUT2D eigenvalue weighted by molar-refractivity contribution is 7.99. The third kappa shape index (κ3) is 5.66. The van der Waals surface area contributed by atoms with Crippen LogP contribution in [0.4, 0.5) is 5.69 Å². The van der Waals surface area contributed by atoms with Crippen molar-refractivity contribution in [2.45, 2.75) is 33.6 Å². The minimum atomic E-state index is 0.0767. The van der Waals surface area contributed by atoms with Crippen molar-refractivity contribution in [3.8, 4) is 0 Å². The van der Waals surface area contributed by atoms with Crippen LogP contribution in [0.3, 0.4) is 0 Å². The third-order valence-corrected chi connectivity index (χ3v) is 3.96. The van der Waals surface area contributed by atoms with Crippen LogP contribution in [0, 0.1) is 20.8 Å². The fraction of sp³-hybridized carbons (Fsp3) is 0.533. The van der Waals surface area contributed by atoms with E-state index < -0.39 is 0 Å². The molecule has 3 N–H and O–H groups in total. The van der Waals surface area contributed by atoms with Gasteiger partial charge < -0.3 is 11.1 Å². The smallest absolute Gasteiger partial charge is 0.234 e. The number of carbonyl (C=O) groups is 1. The summed E-state index contributed by atoms with van der Waals surface area (Å²) >= 11 is 1.67. The van der Waals surface area contributed by atoms with Gasteiger partial charge in [0.2, 0.25) is 5.91 Å². The lowest BCUT2D eigenvalue weighted by Crippen LogP contribution is -2.16. The molecule has 0 atom stereocenters. The van der Waals surface area contributed by atoms with Gasteiger partial charge in [-0.2, -0.15) is 11.8 Å². The van der Waals surface area contributed by atoms with Gasteiger partial charge in [0.05, 0.1) is 5.75 Å². The van der Waals surface area contributed by atoms with Crippen molar-refractivity contribution < 1.29 is 4.79 Å². The van der Waals surface area contributed by atoms with E-state index >= 15 is 0 Å². The highest BCUT2D eigenvalue weighted by atomic mass is 32.2. The molecule has 0 radical (unpaired) electrons. The standard InChI is InChI=1S/C15H24N2OS/c1-11-8-12(2)15(13(3)9-11)17-14(18)10-19-7-5-4-6-16/h8-9H,4-7,10,16H2,1-3H3,(H,17,18). The summed E-state index contributed by atoms with van der Waals surface area (Å²) < 4.78 is 0. The van der Waals surface area contributed by atoms with Crippen molar-refractivity contribution in [3.05, 3.63) is 28.8 Å². The maximum absolute atomic E-state index is 11.9. The first-order valence-electron chi connectivity index (χ1n) is 6.70. The van der Waals surface area contributed by atoms with E-state index in [4.69, 9.17) is 5.73 Å². The van der Waals surface area contributed by atoms with Crippen molar-refractivity contribution in [2.24, 2.45) is 5.73 Å². The average Bonchev–Trinajstić information content (AvgIpc) is 2.33. The van der Waals surface area contributed by atoms with Crippen LogP contribution in [0.5, 0.6) is 0 Å². The molecule has 0 fully saturated rings. The van der Waals surface area contributed by atoms with Crippen LogP contribution in [0.2, 0.25) is 0 Å². The van der Waals surface area contributed by atoms with Crippen LogP contribution in [-0.4, -0.2) is 24.0 Å². The van der Waals surface area contributed by atoms with Gasteiger partial charge in [0.15, 0.2) is 0 Å². The second kappa shape index (κ2) is 8.23.